The van der Waals surface area contributed by atoms with E-state index in [1.165, 1.54) is 22.4 Å². The number of rotatable bonds is 15. The largest absolute Gasteiger partial charge is 0.455 e. The average Bonchev–Trinajstić information content (AvgIpc) is 3.09. The highest BCUT2D eigenvalue weighted by Gasteiger charge is 2.37. The molecular formula is C40H53N3O3S. The van der Waals surface area contributed by atoms with Crippen LogP contribution in [0.25, 0.3) is 12.3 Å². The van der Waals surface area contributed by atoms with Crippen LogP contribution >= 0.6 is 0 Å². The van der Waals surface area contributed by atoms with Gasteiger partial charge in [-0.1, -0.05) is 64.3 Å². The van der Waals surface area contributed by atoms with Crippen molar-refractivity contribution in [2.45, 2.75) is 109 Å². The van der Waals surface area contributed by atoms with Crippen molar-refractivity contribution in [2.75, 3.05) is 31.1 Å². The van der Waals surface area contributed by atoms with E-state index in [1.807, 2.05) is 18.2 Å². The van der Waals surface area contributed by atoms with Crippen LogP contribution in [0.3, 0.4) is 0 Å². The number of hydrogen-bond acceptors (Lipinski definition) is 5. The Kier molecular flexibility index (Phi) is 10.6. The van der Waals surface area contributed by atoms with Gasteiger partial charge in [0.25, 0.3) is 10.0 Å². The topological polar surface area (TPSA) is 75.9 Å². The first kappa shape index (κ1) is 33.6. The van der Waals surface area contributed by atoms with Gasteiger partial charge in [0.15, 0.2) is 0 Å². The molecule has 3 aliphatic heterocycles. The summed E-state index contributed by atoms with van der Waals surface area (Å²) in [6.45, 7) is 12.2. The summed E-state index contributed by atoms with van der Waals surface area (Å²) in [4.78, 5) is 2.85. The van der Waals surface area contributed by atoms with Gasteiger partial charge in [-0.3, -0.25) is 4.31 Å². The number of nitrogens with zero attached hydrogens (tertiary/aromatic N) is 2. The number of fused-ring (bicyclic) bond motifs is 3. The van der Waals surface area contributed by atoms with Gasteiger partial charge in [-0.05, 0) is 111 Å². The summed E-state index contributed by atoms with van der Waals surface area (Å²) < 4.78 is 38.7. The Morgan fingerprint density at radius 3 is 2.36 bits per heavy atom. The lowest BCUT2D eigenvalue weighted by Crippen LogP contribution is -2.39. The maximum Gasteiger partial charge on any atom is 0.264 e. The van der Waals surface area contributed by atoms with Crippen molar-refractivity contribution in [2.24, 2.45) is 5.73 Å². The molecule has 0 fully saturated rings. The van der Waals surface area contributed by atoms with Gasteiger partial charge in [-0.25, -0.2) is 8.42 Å². The van der Waals surface area contributed by atoms with E-state index in [4.69, 9.17) is 10.5 Å². The highest BCUT2D eigenvalue weighted by molar-refractivity contribution is 7.89. The molecule has 252 valence electrons. The predicted octanol–water partition coefficient (Wildman–Crippen LogP) is 6.95. The van der Waals surface area contributed by atoms with Crippen molar-refractivity contribution in [1.29, 1.82) is 0 Å². The van der Waals surface area contributed by atoms with E-state index >= 15 is 0 Å². The van der Waals surface area contributed by atoms with Crippen LogP contribution in [0.4, 0.5) is 5.69 Å². The minimum absolute atomic E-state index is 0.320. The number of benzene rings is 3. The molecule has 3 aromatic carbocycles. The van der Waals surface area contributed by atoms with E-state index in [0.717, 1.165) is 142 Å². The van der Waals surface area contributed by atoms with Crippen molar-refractivity contribution in [3.8, 4) is 11.5 Å². The number of hydrogen-bond donors (Lipinski definition) is 1. The molecule has 2 N–H and O–H groups in total. The first-order valence-electron chi connectivity index (χ1n) is 18.2. The smallest absolute Gasteiger partial charge is 0.264 e. The average molecular weight is 656 g/mol. The Morgan fingerprint density at radius 1 is 0.894 bits per heavy atom. The van der Waals surface area contributed by atoms with E-state index in [9.17, 15) is 8.42 Å². The first-order valence-corrected chi connectivity index (χ1v) is 19.6. The van der Waals surface area contributed by atoms with Crippen LogP contribution in [0, 0.1) is 0 Å². The minimum Gasteiger partial charge on any atom is -0.455 e. The summed E-state index contributed by atoms with van der Waals surface area (Å²) in [5, 5.41) is 1.96. The number of nitrogens with two attached hydrogens (primary N) is 1. The summed E-state index contributed by atoms with van der Waals surface area (Å²) in [5.74, 6) is 1.67. The van der Waals surface area contributed by atoms with Gasteiger partial charge in [0, 0.05) is 47.2 Å². The summed E-state index contributed by atoms with van der Waals surface area (Å²) in [6, 6.07) is 13.5. The summed E-state index contributed by atoms with van der Waals surface area (Å²) in [6.07, 6.45) is 13.7. The zero-order chi connectivity index (χ0) is 33.0. The van der Waals surface area contributed by atoms with Crippen molar-refractivity contribution in [1.82, 2.24) is 4.31 Å². The maximum absolute atomic E-state index is 14.9. The number of sulfonamides is 1. The second kappa shape index (κ2) is 14.9. The van der Waals surface area contributed by atoms with Crippen molar-refractivity contribution in [3.63, 3.8) is 0 Å². The number of anilines is 1. The monoisotopic (exact) mass is 655 g/mol. The minimum atomic E-state index is -3.90. The molecule has 0 amide bonds. The van der Waals surface area contributed by atoms with Crippen LogP contribution in [0.2, 0.25) is 0 Å². The molecule has 3 heterocycles. The van der Waals surface area contributed by atoms with Crippen LogP contribution in [0.5, 0.6) is 11.5 Å². The predicted molar refractivity (Wildman–Crippen MR) is 194 cm³/mol. The molecule has 0 spiro atoms. The lowest BCUT2D eigenvalue weighted by atomic mass is 9.86. The standard InChI is InChI=1S/C40H53N3O3S/c1-4-6-17-30-27-35-38(43(26-14-9-8-13-23-41)47(44,45)32-19-11-10-12-20-32)36-28-31-18-15-24-42-25-16-22-34(37(31)42)40(36)46-39(35)33(29(30)3)21-7-5-2/h10-12,19-20,27-28H,3-9,13-18,21-26,41H2,1-2H3. The molecule has 0 bridgehead atoms. The molecule has 0 unspecified atom stereocenters. The third-order valence-electron chi connectivity index (χ3n) is 10.3. The molecule has 47 heavy (non-hydrogen) atoms. The first-order chi connectivity index (χ1) is 22.9. The lowest BCUT2D eigenvalue weighted by Gasteiger charge is -2.40. The van der Waals surface area contributed by atoms with Crippen LogP contribution in [0.1, 0.15) is 106 Å². The van der Waals surface area contributed by atoms with E-state index in [2.05, 4.69) is 37.5 Å². The van der Waals surface area contributed by atoms with Gasteiger partial charge in [-0.2, -0.15) is 0 Å². The van der Waals surface area contributed by atoms with Gasteiger partial charge >= 0.3 is 0 Å². The molecule has 0 aromatic heterocycles. The SMILES string of the molecule is C=c1c(CCCC)cc2c(c1CCCC)Oc1c(cc3c4c1CCCN4CCC3)C=2N(CCCCCCN)S(=O)(=O)c1ccccc1. The Hall–Kier alpha value is -3.29. The Balaban J connectivity index is 1.67. The van der Waals surface area contributed by atoms with Gasteiger partial charge in [0.05, 0.1) is 10.6 Å². The molecule has 3 aliphatic rings. The fraction of sp³-hybridized carbons (Fsp3) is 0.500. The zero-order valence-corrected chi connectivity index (χ0v) is 29.4. The molecule has 0 saturated heterocycles. The van der Waals surface area contributed by atoms with E-state index in [0.29, 0.717) is 18.0 Å². The van der Waals surface area contributed by atoms with Gasteiger partial charge in [0.2, 0.25) is 0 Å². The Bertz CT molecular complexity index is 1800. The van der Waals surface area contributed by atoms with Crippen LogP contribution in [-0.2, 0) is 35.7 Å². The van der Waals surface area contributed by atoms with Gasteiger partial charge in [-0.15, -0.1) is 0 Å². The molecule has 7 heteroatoms. The fourth-order valence-corrected chi connectivity index (χ4v) is 9.35. The van der Waals surface area contributed by atoms with Gasteiger partial charge < -0.3 is 15.4 Å². The van der Waals surface area contributed by atoms with E-state index < -0.39 is 10.0 Å². The summed E-state index contributed by atoms with van der Waals surface area (Å²) in [7, 11) is -3.90. The molecule has 0 saturated carbocycles. The van der Waals surface area contributed by atoms with E-state index in [1.54, 1.807) is 16.4 Å². The van der Waals surface area contributed by atoms with Gasteiger partial charge in [0.1, 0.15) is 11.5 Å². The maximum atomic E-state index is 14.9. The third-order valence-corrected chi connectivity index (χ3v) is 12.1. The highest BCUT2D eigenvalue weighted by atomic mass is 32.2. The Labute approximate surface area is 282 Å². The van der Waals surface area contributed by atoms with Crippen molar-refractivity contribution in [3.05, 3.63) is 80.7 Å². The lowest BCUT2D eigenvalue weighted by molar-refractivity contribution is 0.439. The zero-order valence-electron chi connectivity index (χ0n) is 28.6. The number of ether oxygens (including phenoxy) is 1. The van der Waals surface area contributed by atoms with Crippen molar-refractivity contribution >= 4 is 28.0 Å². The second-order valence-corrected chi connectivity index (χ2v) is 15.4. The molecule has 0 atom stereocenters. The Morgan fingerprint density at radius 2 is 1.62 bits per heavy atom. The normalized spacial score (nSPS) is 15.1. The molecular weight excluding hydrogens is 603 g/mol. The fourth-order valence-electron chi connectivity index (χ4n) is 7.79. The van der Waals surface area contributed by atoms with Crippen LogP contribution in [-0.4, -0.2) is 38.9 Å². The van der Waals surface area contributed by atoms with Crippen LogP contribution in [0.15, 0.2) is 47.4 Å². The summed E-state index contributed by atoms with van der Waals surface area (Å²) >= 11 is 0. The summed E-state index contributed by atoms with van der Waals surface area (Å²) in [5.41, 5.74) is 13.7. The van der Waals surface area contributed by atoms with E-state index in [-0.39, 0.29) is 0 Å². The second-order valence-electron chi connectivity index (χ2n) is 13.6. The van der Waals surface area contributed by atoms with Crippen molar-refractivity contribution < 1.29 is 13.2 Å². The molecule has 0 aliphatic carbocycles. The molecule has 0 radical (unpaired) electrons. The molecule has 6 rings (SSSR count). The number of unbranched alkanes of at least 4 members (excludes halogenated alkanes) is 5. The quantitative estimate of drug-likeness (QED) is 0.179. The van der Waals surface area contributed by atoms with Crippen LogP contribution < -0.4 is 25.8 Å². The number of aryl methyl sites for hydroxylation is 2. The molecule has 3 aromatic rings. The third kappa shape index (κ3) is 6.58. The molecule has 6 nitrogen and oxygen atoms in total. The highest BCUT2D eigenvalue weighted by Crippen LogP contribution is 2.48.